The molecule has 0 aromatic carbocycles. The minimum absolute atomic E-state index is 0. The maximum Gasteiger partial charge on any atom is 0.220 e. The van der Waals surface area contributed by atoms with Crippen LogP contribution in [0.15, 0.2) is 0 Å². The van der Waals surface area contributed by atoms with Crippen LogP contribution >= 0.6 is 24.8 Å². The molecule has 2 fully saturated rings. The zero-order valence-corrected chi connectivity index (χ0v) is 15.4. The van der Waals surface area contributed by atoms with E-state index in [1.54, 1.807) is 0 Å². The first-order valence-electron chi connectivity index (χ1n) is 8.29. The highest BCUT2D eigenvalue weighted by Gasteiger charge is 2.33. The maximum absolute atomic E-state index is 12.2. The van der Waals surface area contributed by atoms with Crippen molar-refractivity contribution in [1.82, 2.24) is 10.2 Å². The number of likely N-dealkylation sites (tertiary alicyclic amines) is 1. The molecule has 1 heterocycles. The number of halogens is 2. The van der Waals surface area contributed by atoms with Gasteiger partial charge in [-0.15, -0.1) is 24.8 Å². The number of carbonyl (C=O) groups is 1. The average molecular weight is 354 g/mol. The highest BCUT2D eigenvalue weighted by Crippen LogP contribution is 2.38. The lowest BCUT2D eigenvalue weighted by Gasteiger charge is -2.36. The smallest absolute Gasteiger partial charge is 0.220 e. The topological polar surface area (TPSA) is 58.4 Å². The Kier molecular flexibility index (Phi) is 10.7. The number of piperidine rings is 1. The van der Waals surface area contributed by atoms with Crippen molar-refractivity contribution < 1.29 is 4.79 Å². The predicted octanol–water partition coefficient (Wildman–Crippen LogP) is 2.59. The normalized spacial score (nSPS) is 22.3. The molecule has 0 bridgehead atoms. The summed E-state index contributed by atoms with van der Waals surface area (Å²) in [7, 11) is 2.17. The van der Waals surface area contributed by atoms with Crippen molar-refractivity contribution in [2.24, 2.45) is 17.1 Å². The number of carbonyl (C=O) groups excluding carboxylic acids is 1. The average Bonchev–Trinajstić information content (AvgIpc) is 2.47. The van der Waals surface area contributed by atoms with Gasteiger partial charge in [0.15, 0.2) is 0 Å². The molecule has 0 aromatic rings. The van der Waals surface area contributed by atoms with Crippen molar-refractivity contribution in [2.75, 3.05) is 33.2 Å². The Balaban J connectivity index is 0.00000220. The number of amides is 1. The summed E-state index contributed by atoms with van der Waals surface area (Å²) >= 11 is 0. The zero-order chi connectivity index (χ0) is 14.4. The zero-order valence-electron chi connectivity index (χ0n) is 13.8. The summed E-state index contributed by atoms with van der Waals surface area (Å²) < 4.78 is 0. The number of nitrogens with one attached hydrogen (secondary N) is 1. The first-order chi connectivity index (χ1) is 9.63. The lowest BCUT2D eigenvalue weighted by molar-refractivity contribution is -0.124. The van der Waals surface area contributed by atoms with E-state index in [0.717, 1.165) is 32.5 Å². The van der Waals surface area contributed by atoms with E-state index < -0.39 is 0 Å². The third-order valence-electron chi connectivity index (χ3n) is 5.31. The van der Waals surface area contributed by atoms with Gasteiger partial charge in [0.25, 0.3) is 0 Å². The quantitative estimate of drug-likeness (QED) is 0.798. The molecule has 0 unspecified atom stereocenters. The van der Waals surface area contributed by atoms with Gasteiger partial charge in [-0.1, -0.05) is 19.3 Å². The molecular formula is C16H33Cl2N3O. The highest BCUT2D eigenvalue weighted by atomic mass is 35.5. The van der Waals surface area contributed by atoms with Crippen LogP contribution in [0.4, 0.5) is 0 Å². The number of nitrogens with zero attached hydrogens (tertiary/aromatic N) is 1. The molecule has 2 aliphatic rings. The molecule has 0 radical (unpaired) electrons. The molecular weight excluding hydrogens is 321 g/mol. The van der Waals surface area contributed by atoms with Crippen LogP contribution < -0.4 is 11.1 Å². The summed E-state index contributed by atoms with van der Waals surface area (Å²) in [5.74, 6) is 0.881. The molecule has 1 saturated heterocycles. The van der Waals surface area contributed by atoms with Crippen molar-refractivity contribution in [1.29, 1.82) is 0 Å². The van der Waals surface area contributed by atoms with Gasteiger partial charge in [-0.3, -0.25) is 4.79 Å². The van der Waals surface area contributed by atoms with Gasteiger partial charge in [-0.2, -0.15) is 0 Å². The summed E-state index contributed by atoms with van der Waals surface area (Å²) in [5.41, 5.74) is 6.05. The number of hydrogen-bond acceptors (Lipinski definition) is 3. The SMILES string of the molecule is CN1CCC(CNC(=O)CC2(CN)CCCCC2)CC1.Cl.Cl. The molecule has 3 N–H and O–H groups in total. The van der Waals surface area contributed by atoms with Gasteiger partial charge in [0.2, 0.25) is 5.91 Å². The minimum atomic E-state index is 0. The van der Waals surface area contributed by atoms with Gasteiger partial charge in [0.1, 0.15) is 0 Å². The fourth-order valence-corrected chi connectivity index (χ4v) is 3.68. The van der Waals surface area contributed by atoms with Crippen LogP contribution in [0.25, 0.3) is 0 Å². The second kappa shape index (κ2) is 10.7. The van der Waals surface area contributed by atoms with E-state index in [0.29, 0.717) is 18.9 Å². The molecule has 1 amide bonds. The molecule has 1 aliphatic heterocycles. The van der Waals surface area contributed by atoms with Crippen LogP contribution in [0.5, 0.6) is 0 Å². The van der Waals surface area contributed by atoms with Gasteiger partial charge in [-0.05, 0) is 63.7 Å². The monoisotopic (exact) mass is 353 g/mol. The highest BCUT2D eigenvalue weighted by molar-refractivity contribution is 5.85. The molecule has 0 aromatic heterocycles. The minimum Gasteiger partial charge on any atom is -0.356 e. The largest absolute Gasteiger partial charge is 0.356 e. The van der Waals surface area contributed by atoms with E-state index in [9.17, 15) is 4.79 Å². The van der Waals surface area contributed by atoms with Gasteiger partial charge < -0.3 is 16.0 Å². The maximum atomic E-state index is 12.2. The van der Waals surface area contributed by atoms with Gasteiger partial charge in [-0.25, -0.2) is 0 Å². The standard InChI is InChI=1S/C16H31N3O.2ClH/c1-19-9-5-14(6-10-19)12-18-15(20)11-16(13-17)7-3-2-4-8-16;;/h14H,2-13,17H2,1H3,(H,18,20);2*1H. The van der Waals surface area contributed by atoms with Crippen molar-refractivity contribution in [3.05, 3.63) is 0 Å². The molecule has 1 aliphatic carbocycles. The van der Waals surface area contributed by atoms with E-state index in [2.05, 4.69) is 17.3 Å². The van der Waals surface area contributed by atoms with Crippen LogP contribution in [-0.4, -0.2) is 44.0 Å². The molecule has 132 valence electrons. The predicted molar refractivity (Wildman–Crippen MR) is 96.9 cm³/mol. The van der Waals surface area contributed by atoms with E-state index in [-0.39, 0.29) is 36.1 Å². The number of rotatable bonds is 5. The lowest BCUT2D eigenvalue weighted by Crippen LogP contribution is -2.41. The van der Waals surface area contributed by atoms with Crippen molar-refractivity contribution in [3.63, 3.8) is 0 Å². The number of hydrogen-bond donors (Lipinski definition) is 2. The van der Waals surface area contributed by atoms with Crippen LogP contribution in [-0.2, 0) is 4.79 Å². The summed E-state index contributed by atoms with van der Waals surface area (Å²) in [6.07, 6.45) is 9.09. The Morgan fingerprint density at radius 3 is 2.32 bits per heavy atom. The summed E-state index contributed by atoms with van der Waals surface area (Å²) in [6, 6.07) is 0. The summed E-state index contributed by atoms with van der Waals surface area (Å²) in [4.78, 5) is 14.6. The molecule has 0 atom stereocenters. The van der Waals surface area contributed by atoms with Crippen LogP contribution in [0, 0.1) is 11.3 Å². The summed E-state index contributed by atoms with van der Waals surface area (Å²) in [5, 5.41) is 3.16. The second-order valence-electron chi connectivity index (χ2n) is 6.99. The Bertz CT molecular complexity index is 315. The molecule has 1 saturated carbocycles. The molecule has 4 nitrogen and oxygen atoms in total. The van der Waals surface area contributed by atoms with E-state index in [1.165, 1.54) is 32.1 Å². The molecule has 2 rings (SSSR count). The second-order valence-corrected chi connectivity index (χ2v) is 6.99. The lowest BCUT2D eigenvalue weighted by atomic mass is 9.71. The van der Waals surface area contributed by atoms with E-state index in [1.807, 2.05) is 0 Å². The summed E-state index contributed by atoms with van der Waals surface area (Å²) in [6.45, 7) is 3.84. The van der Waals surface area contributed by atoms with Gasteiger partial charge in [0, 0.05) is 13.0 Å². The van der Waals surface area contributed by atoms with Gasteiger partial charge >= 0.3 is 0 Å². The fourth-order valence-electron chi connectivity index (χ4n) is 3.68. The van der Waals surface area contributed by atoms with Gasteiger partial charge in [0.05, 0.1) is 0 Å². The Morgan fingerprint density at radius 1 is 1.18 bits per heavy atom. The van der Waals surface area contributed by atoms with Crippen molar-refractivity contribution in [2.45, 2.75) is 51.4 Å². The van der Waals surface area contributed by atoms with Crippen molar-refractivity contribution >= 4 is 30.7 Å². The Morgan fingerprint density at radius 2 is 1.77 bits per heavy atom. The molecule has 22 heavy (non-hydrogen) atoms. The fraction of sp³-hybridized carbons (Fsp3) is 0.938. The van der Waals surface area contributed by atoms with E-state index >= 15 is 0 Å². The Hall–Kier alpha value is -0.0300. The van der Waals surface area contributed by atoms with E-state index in [4.69, 9.17) is 5.73 Å². The Labute approximate surface area is 147 Å². The first-order valence-corrected chi connectivity index (χ1v) is 8.29. The van der Waals surface area contributed by atoms with Crippen molar-refractivity contribution in [3.8, 4) is 0 Å². The number of nitrogens with two attached hydrogens (primary N) is 1. The van der Waals surface area contributed by atoms with Crippen LogP contribution in [0.3, 0.4) is 0 Å². The third-order valence-corrected chi connectivity index (χ3v) is 5.31. The third kappa shape index (κ3) is 6.61. The first kappa shape index (κ1) is 22.0. The molecule has 6 heteroatoms. The van der Waals surface area contributed by atoms with Crippen LogP contribution in [0.1, 0.15) is 51.4 Å². The van der Waals surface area contributed by atoms with Crippen LogP contribution in [0.2, 0.25) is 0 Å². The molecule has 0 spiro atoms.